The highest BCUT2D eigenvalue weighted by Gasteiger charge is 2.42. The fourth-order valence-electron chi connectivity index (χ4n) is 3.35. The van der Waals surface area contributed by atoms with Gasteiger partial charge < -0.3 is 10.1 Å². The Bertz CT molecular complexity index is 1230. The number of aromatic nitrogens is 3. The van der Waals surface area contributed by atoms with Gasteiger partial charge in [-0.05, 0) is 25.0 Å². The summed E-state index contributed by atoms with van der Waals surface area (Å²) < 4.78 is 46.3. The van der Waals surface area contributed by atoms with Crippen LogP contribution in [-0.2, 0) is 17.5 Å². The van der Waals surface area contributed by atoms with Crippen LogP contribution in [0.5, 0.6) is 11.5 Å². The summed E-state index contributed by atoms with van der Waals surface area (Å²) in [6, 6.07) is 6.95. The molecule has 0 unspecified atom stereocenters. The SMILES string of the molecule is O=C(CCn1nc(C(F)(F)F)c(Cl)c1C1CC1)Nc1cc(Oc2cccnc2)cc([N+](=O)[O-])c1. The molecule has 34 heavy (non-hydrogen) atoms. The van der Waals surface area contributed by atoms with Crippen LogP contribution in [0.15, 0.2) is 42.7 Å². The van der Waals surface area contributed by atoms with E-state index in [0.717, 1.165) is 10.7 Å². The predicted molar refractivity (Wildman–Crippen MR) is 115 cm³/mol. The summed E-state index contributed by atoms with van der Waals surface area (Å²) in [7, 11) is 0. The monoisotopic (exact) mass is 495 g/mol. The summed E-state index contributed by atoms with van der Waals surface area (Å²) in [5.74, 6) is -0.260. The number of benzene rings is 1. The first-order valence-electron chi connectivity index (χ1n) is 10.1. The first-order chi connectivity index (χ1) is 16.1. The second-order valence-corrected chi connectivity index (χ2v) is 7.98. The maximum atomic E-state index is 13.2. The van der Waals surface area contributed by atoms with Crippen molar-refractivity contribution < 1.29 is 27.6 Å². The molecular weight excluding hydrogens is 479 g/mol. The van der Waals surface area contributed by atoms with Gasteiger partial charge in [0, 0.05) is 30.7 Å². The van der Waals surface area contributed by atoms with Crippen LogP contribution in [0.1, 0.15) is 36.6 Å². The van der Waals surface area contributed by atoms with Gasteiger partial charge in [0.05, 0.1) is 40.1 Å². The van der Waals surface area contributed by atoms with Crippen molar-refractivity contribution in [2.45, 2.75) is 37.9 Å². The Kier molecular flexibility index (Phi) is 6.42. The van der Waals surface area contributed by atoms with Gasteiger partial charge in [-0.25, -0.2) is 0 Å². The standard InChI is InChI=1S/C21H17ClF3N5O4/c22-18-19(12-3-4-12)29(28-20(18)21(23,24)25)7-5-17(31)27-13-8-14(30(32)33)10-16(9-13)34-15-2-1-6-26-11-15/h1-2,6,8-12H,3-5,7H2,(H,27,31). The third-order valence-electron chi connectivity index (χ3n) is 4.97. The molecule has 0 spiro atoms. The van der Waals surface area contributed by atoms with E-state index in [4.69, 9.17) is 16.3 Å². The van der Waals surface area contributed by atoms with E-state index in [2.05, 4.69) is 15.4 Å². The molecule has 0 radical (unpaired) electrons. The zero-order valence-corrected chi connectivity index (χ0v) is 18.1. The minimum absolute atomic E-state index is 0.0926. The molecule has 0 aliphatic heterocycles. The van der Waals surface area contributed by atoms with Crippen molar-refractivity contribution in [3.8, 4) is 11.5 Å². The Balaban J connectivity index is 1.49. The number of halogens is 4. The molecule has 0 bridgehead atoms. The van der Waals surface area contributed by atoms with E-state index < -0.39 is 27.7 Å². The van der Waals surface area contributed by atoms with Crippen molar-refractivity contribution in [3.05, 3.63) is 69.3 Å². The van der Waals surface area contributed by atoms with E-state index in [-0.39, 0.29) is 41.7 Å². The number of alkyl halides is 3. The molecular formula is C21H17ClF3N5O4. The van der Waals surface area contributed by atoms with Crippen molar-refractivity contribution in [3.63, 3.8) is 0 Å². The number of carbonyl (C=O) groups excluding carboxylic acids is 1. The highest BCUT2D eigenvalue weighted by molar-refractivity contribution is 6.32. The number of non-ortho nitro benzene ring substituents is 1. The predicted octanol–water partition coefficient (Wildman–Crippen LogP) is 5.56. The quantitative estimate of drug-likeness (QED) is 0.323. The number of nitrogens with zero attached hydrogens (tertiary/aromatic N) is 4. The summed E-state index contributed by atoms with van der Waals surface area (Å²) in [6.07, 6.45) is -0.590. The summed E-state index contributed by atoms with van der Waals surface area (Å²) in [6.45, 7) is -0.137. The smallest absolute Gasteiger partial charge is 0.436 e. The number of carbonyl (C=O) groups is 1. The van der Waals surface area contributed by atoms with Gasteiger partial charge in [0.25, 0.3) is 5.69 Å². The lowest BCUT2D eigenvalue weighted by Gasteiger charge is -2.10. The average molecular weight is 496 g/mol. The summed E-state index contributed by atoms with van der Waals surface area (Å²) >= 11 is 5.94. The van der Waals surface area contributed by atoms with Crippen LogP contribution in [0, 0.1) is 10.1 Å². The molecule has 0 atom stereocenters. The molecule has 1 aromatic carbocycles. The number of nitro groups is 1. The van der Waals surface area contributed by atoms with Crippen LogP contribution in [0.2, 0.25) is 5.02 Å². The molecule has 2 aromatic heterocycles. The molecule has 1 amide bonds. The van der Waals surface area contributed by atoms with E-state index in [1.807, 2.05) is 0 Å². The zero-order chi connectivity index (χ0) is 24.5. The van der Waals surface area contributed by atoms with Gasteiger partial charge in [-0.2, -0.15) is 18.3 Å². The molecule has 1 fully saturated rings. The van der Waals surface area contributed by atoms with Gasteiger partial charge in [0.2, 0.25) is 5.91 Å². The Hall–Kier alpha value is -3.67. The van der Waals surface area contributed by atoms with Gasteiger partial charge in [0.1, 0.15) is 11.5 Å². The normalized spacial score (nSPS) is 13.5. The molecule has 2 heterocycles. The number of amides is 1. The average Bonchev–Trinajstić information content (AvgIpc) is 3.54. The molecule has 1 aliphatic carbocycles. The first-order valence-corrected chi connectivity index (χ1v) is 10.5. The largest absolute Gasteiger partial charge is 0.455 e. The van der Waals surface area contributed by atoms with E-state index in [9.17, 15) is 28.1 Å². The number of ether oxygens (including phenoxy) is 1. The topological polar surface area (TPSA) is 112 Å². The van der Waals surface area contributed by atoms with E-state index in [0.29, 0.717) is 18.6 Å². The maximum absolute atomic E-state index is 13.2. The summed E-state index contributed by atoms with van der Waals surface area (Å²) in [5.41, 5.74) is -1.13. The number of hydrogen-bond donors (Lipinski definition) is 1. The van der Waals surface area contributed by atoms with Crippen LogP contribution < -0.4 is 10.1 Å². The molecule has 0 saturated heterocycles. The maximum Gasteiger partial charge on any atom is 0.436 e. The lowest BCUT2D eigenvalue weighted by Crippen LogP contribution is -2.16. The Morgan fingerprint density at radius 3 is 2.68 bits per heavy atom. The number of nitro benzene ring substituents is 1. The second-order valence-electron chi connectivity index (χ2n) is 7.60. The van der Waals surface area contributed by atoms with Crippen LogP contribution in [0.25, 0.3) is 0 Å². The molecule has 1 aliphatic rings. The molecule has 13 heteroatoms. The van der Waals surface area contributed by atoms with Crippen LogP contribution in [0.3, 0.4) is 0 Å². The minimum Gasteiger partial charge on any atom is -0.455 e. The third kappa shape index (κ3) is 5.45. The van der Waals surface area contributed by atoms with E-state index in [1.54, 1.807) is 12.1 Å². The molecule has 1 saturated carbocycles. The first kappa shape index (κ1) is 23.5. The van der Waals surface area contributed by atoms with Crippen molar-refractivity contribution in [1.82, 2.24) is 14.8 Å². The zero-order valence-electron chi connectivity index (χ0n) is 17.4. The highest BCUT2D eigenvalue weighted by Crippen LogP contribution is 2.47. The summed E-state index contributed by atoms with van der Waals surface area (Å²) in [4.78, 5) is 27.0. The van der Waals surface area contributed by atoms with Crippen molar-refractivity contribution >= 4 is 28.9 Å². The van der Waals surface area contributed by atoms with Crippen LogP contribution >= 0.6 is 11.6 Å². The van der Waals surface area contributed by atoms with E-state index in [1.165, 1.54) is 24.5 Å². The van der Waals surface area contributed by atoms with Gasteiger partial charge >= 0.3 is 6.18 Å². The Labute approximate surface area is 195 Å². The lowest BCUT2D eigenvalue weighted by atomic mass is 10.2. The lowest BCUT2D eigenvalue weighted by molar-refractivity contribution is -0.384. The molecule has 3 aromatic rings. The van der Waals surface area contributed by atoms with Gasteiger partial charge in [-0.1, -0.05) is 11.6 Å². The van der Waals surface area contributed by atoms with Gasteiger partial charge in [-0.15, -0.1) is 0 Å². The van der Waals surface area contributed by atoms with E-state index >= 15 is 0 Å². The number of pyridine rings is 1. The van der Waals surface area contributed by atoms with Crippen LogP contribution in [-0.4, -0.2) is 25.6 Å². The summed E-state index contributed by atoms with van der Waals surface area (Å²) in [5, 5.41) is 16.9. The molecule has 9 nitrogen and oxygen atoms in total. The molecule has 4 rings (SSSR count). The van der Waals surface area contributed by atoms with Crippen molar-refractivity contribution in [2.24, 2.45) is 0 Å². The Morgan fingerprint density at radius 1 is 1.29 bits per heavy atom. The van der Waals surface area contributed by atoms with Crippen molar-refractivity contribution in [1.29, 1.82) is 0 Å². The number of rotatable bonds is 8. The number of aryl methyl sites for hydroxylation is 1. The van der Waals surface area contributed by atoms with Gasteiger partial charge in [0.15, 0.2) is 5.69 Å². The Morgan fingerprint density at radius 2 is 2.06 bits per heavy atom. The highest BCUT2D eigenvalue weighted by atomic mass is 35.5. The second kappa shape index (κ2) is 9.29. The molecule has 178 valence electrons. The number of hydrogen-bond acceptors (Lipinski definition) is 6. The number of anilines is 1. The molecule has 1 N–H and O–H groups in total. The minimum atomic E-state index is -4.71. The van der Waals surface area contributed by atoms with Crippen LogP contribution in [0.4, 0.5) is 24.5 Å². The fourth-order valence-corrected chi connectivity index (χ4v) is 3.74. The fraction of sp³-hybridized carbons (Fsp3) is 0.286. The third-order valence-corrected chi connectivity index (χ3v) is 5.34. The number of nitrogens with one attached hydrogen (secondary N) is 1. The van der Waals surface area contributed by atoms with Crippen molar-refractivity contribution in [2.75, 3.05) is 5.32 Å². The van der Waals surface area contributed by atoms with Gasteiger partial charge in [-0.3, -0.25) is 24.6 Å².